The molecule has 92 valence electrons. The summed E-state index contributed by atoms with van der Waals surface area (Å²) in [4.78, 5) is 10.9. The molecular formula is C8H10ClF3N2O2. The molecule has 16 heavy (non-hydrogen) atoms. The first kappa shape index (κ1) is 14.8. The monoisotopic (exact) mass is 258 g/mol. The van der Waals surface area contributed by atoms with E-state index < -0.39 is 18.1 Å². The van der Waals surface area contributed by atoms with Crippen molar-refractivity contribution in [3.05, 3.63) is 24.2 Å². The number of carbonyl (C=O) groups excluding carboxylic acids is 1. The molecule has 0 aliphatic rings. The maximum atomic E-state index is 12.0. The van der Waals surface area contributed by atoms with Crippen LogP contribution in [0.2, 0.25) is 0 Å². The van der Waals surface area contributed by atoms with Crippen LogP contribution >= 0.6 is 12.4 Å². The van der Waals surface area contributed by atoms with E-state index in [1.54, 1.807) is 6.07 Å². The van der Waals surface area contributed by atoms with Gasteiger partial charge in [0, 0.05) is 0 Å². The zero-order chi connectivity index (χ0) is 11.5. The molecule has 1 unspecified atom stereocenters. The van der Waals surface area contributed by atoms with Gasteiger partial charge >= 0.3 is 6.18 Å². The third-order valence-electron chi connectivity index (χ3n) is 1.65. The topological polar surface area (TPSA) is 68.3 Å². The van der Waals surface area contributed by atoms with Gasteiger partial charge in [-0.3, -0.25) is 4.79 Å². The Bertz CT molecular complexity index is 327. The smallest absolute Gasteiger partial charge is 0.412 e. The van der Waals surface area contributed by atoms with Crippen LogP contribution in [0.25, 0.3) is 0 Å². The third kappa shape index (κ3) is 4.11. The van der Waals surface area contributed by atoms with E-state index in [2.05, 4.69) is 5.73 Å². The molecule has 1 rings (SSSR count). The van der Waals surface area contributed by atoms with Crippen LogP contribution in [0.5, 0.6) is 0 Å². The second kappa shape index (κ2) is 5.76. The van der Waals surface area contributed by atoms with Crippen LogP contribution in [0.3, 0.4) is 0 Å². The van der Waals surface area contributed by atoms with Crippen LogP contribution in [0.1, 0.15) is 5.76 Å². The Morgan fingerprint density at radius 3 is 2.62 bits per heavy atom. The van der Waals surface area contributed by atoms with E-state index in [9.17, 15) is 18.0 Å². The molecule has 3 N–H and O–H groups in total. The lowest BCUT2D eigenvalue weighted by molar-refractivity contribution is -0.162. The summed E-state index contributed by atoms with van der Waals surface area (Å²) in [5, 5.41) is 2.01. The van der Waals surface area contributed by atoms with Crippen LogP contribution in [0.4, 0.5) is 13.2 Å². The van der Waals surface area contributed by atoms with Gasteiger partial charge < -0.3 is 15.5 Å². The molecule has 0 aliphatic carbocycles. The lowest BCUT2D eigenvalue weighted by Crippen LogP contribution is -2.49. The van der Waals surface area contributed by atoms with E-state index >= 15 is 0 Å². The second-order valence-electron chi connectivity index (χ2n) is 2.82. The van der Waals surface area contributed by atoms with Gasteiger partial charge in [-0.25, -0.2) is 0 Å². The highest BCUT2D eigenvalue weighted by atomic mass is 35.5. The highest BCUT2D eigenvalue weighted by molar-refractivity contribution is 5.85. The molecule has 0 saturated carbocycles. The first-order chi connectivity index (χ1) is 6.91. The zero-order valence-corrected chi connectivity index (χ0v) is 8.77. The molecule has 1 aromatic rings. The molecule has 1 atom stereocenters. The number of nitrogens with two attached hydrogens (primary N) is 1. The van der Waals surface area contributed by atoms with Crippen molar-refractivity contribution in [3.8, 4) is 0 Å². The van der Waals surface area contributed by atoms with Crippen molar-refractivity contribution in [3.63, 3.8) is 0 Å². The first-order valence-corrected chi connectivity index (χ1v) is 4.03. The number of hydrogen-bond acceptors (Lipinski definition) is 3. The number of nitrogens with one attached hydrogen (secondary N) is 1. The summed E-state index contributed by atoms with van der Waals surface area (Å²) in [5.41, 5.74) is 4.67. The number of furan rings is 1. The Kier molecular flexibility index (Phi) is 5.32. The second-order valence-corrected chi connectivity index (χ2v) is 2.82. The fourth-order valence-electron chi connectivity index (χ4n) is 0.846. The average molecular weight is 259 g/mol. The van der Waals surface area contributed by atoms with Gasteiger partial charge in [0.1, 0.15) is 5.76 Å². The number of rotatable bonds is 3. The number of amides is 1. The lowest BCUT2D eigenvalue weighted by atomic mass is 10.3. The number of halogens is 4. The minimum Gasteiger partial charge on any atom is -0.467 e. The van der Waals surface area contributed by atoms with E-state index in [0.717, 1.165) is 0 Å². The SMILES string of the molecule is Cl.NC(C(=O)NCc1ccco1)C(F)(F)F. The van der Waals surface area contributed by atoms with Crippen molar-refractivity contribution in [1.82, 2.24) is 5.32 Å². The minimum atomic E-state index is -4.73. The van der Waals surface area contributed by atoms with Crippen molar-refractivity contribution >= 4 is 18.3 Å². The maximum Gasteiger partial charge on any atom is 0.412 e. The predicted octanol–water partition coefficient (Wildman–Crippen LogP) is 1.21. The molecule has 8 heteroatoms. The molecule has 0 bridgehead atoms. The minimum absolute atomic E-state index is 0. The molecule has 1 amide bonds. The Balaban J connectivity index is 0.00000225. The molecule has 0 saturated heterocycles. The summed E-state index contributed by atoms with van der Waals surface area (Å²) in [6.07, 6.45) is -3.38. The molecule has 0 aromatic carbocycles. The Morgan fingerprint density at radius 2 is 2.19 bits per heavy atom. The normalized spacial score (nSPS) is 12.8. The van der Waals surface area contributed by atoms with E-state index in [0.29, 0.717) is 5.76 Å². The van der Waals surface area contributed by atoms with Crippen molar-refractivity contribution < 1.29 is 22.4 Å². The molecule has 0 fully saturated rings. The number of carbonyl (C=O) groups is 1. The van der Waals surface area contributed by atoms with Gasteiger partial charge in [0.15, 0.2) is 6.04 Å². The van der Waals surface area contributed by atoms with Crippen LogP contribution in [-0.2, 0) is 11.3 Å². The van der Waals surface area contributed by atoms with Crippen molar-refractivity contribution in [2.75, 3.05) is 0 Å². The summed E-state index contributed by atoms with van der Waals surface area (Å²) in [6.45, 7) is -0.115. The van der Waals surface area contributed by atoms with Crippen LogP contribution in [-0.4, -0.2) is 18.1 Å². The lowest BCUT2D eigenvalue weighted by Gasteiger charge is -2.14. The maximum absolute atomic E-state index is 12.0. The summed E-state index contributed by atoms with van der Waals surface area (Å²) in [6, 6.07) is 0.581. The molecule has 0 aliphatic heterocycles. The van der Waals surface area contributed by atoms with Gasteiger partial charge in [0.05, 0.1) is 12.8 Å². The highest BCUT2D eigenvalue weighted by Gasteiger charge is 2.41. The molecule has 0 spiro atoms. The summed E-state index contributed by atoms with van der Waals surface area (Å²) in [7, 11) is 0. The Morgan fingerprint density at radius 1 is 1.56 bits per heavy atom. The Labute approximate surface area is 95.4 Å². The van der Waals surface area contributed by atoms with E-state index in [1.165, 1.54) is 12.3 Å². The van der Waals surface area contributed by atoms with Gasteiger partial charge in [-0.1, -0.05) is 0 Å². The van der Waals surface area contributed by atoms with Crippen molar-refractivity contribution in [2.45, 2.75) is 18.8 Å². The first-order valence-electron chi connectivity index (χ1n) is 4.03. The summed E-state index contributed by atoms with van der Waals surface area (Å²) in [5.74, 6) is -0.920. The van der Waals surface area contributed by atoms with Gasteiger partial charge in [0.25, 0.3) is 0 Å². The number of hydrogen-bond donors (Lipinski definition) is 2. The van der Waals surface area contributed by atoms with E-state index in [-0.39, 0.29) is 19.0 Å². The highest BCUT2D eigenvalue weighted by Crippen LogP contribution is 2.18. The van der Waals surface area contributed by atoms with Crippen LogP contribution in [0.15, 0.2) is 22.8 Å². The average Bonchev–Trinajstić information content (AvgIpc) is 2.63. The van der Waals surface area contributed by atoms with E-state index in [4.69, 9.17) is 4.42 Å². The summed E-state index contributed by atoms with van der Waals surface area (Å²) < 4.78 is 40.7. The van der Waals surface area contributed by atoms with Gasteiger partial charge in [-0.15, -0.1) is 12.4 Å². The molecule has 4 nitrogen and oxygen atoms in total. The fraction of sp³-hybridized carbons (Fsp3) is 0.375. The van der Waals surface area contributed by atoms with Gasteiger partial charge in [-0.2, -0.15) is 13.2 Å². The fourth-order valence-corrected chi connectivity index (χ4v) is 0.846. The zero-order valence-electron chi connectivity index (χ0n) is 7.95. The Hall–Kier alpha value is -1.21. The molecular weight excluding hydrogens is 249 g/mol. The van der Waals surface area contributed by atoms with E-state index in [1.807, 2.05) is 5.32 Å². The summed E-state index contributed by atoms with van der Waals surface area (Å²) >= 11 is 0. The predicted molar refractivity (Wildman–Crippen MR) is 51.8 cm³/mol. The molecule has 1 aromatic heterocycles. The molecule has 0 radical (unpaired) electrons. The largest absolute Gasteiger partial charge is 0.467 e. The van der Waals surface area contributed by atoms with Gasteiger partial charge in [0.2, 0.25) is 5.91 Å². The standard InChI is InChI=1S/C8H9F3N2O2.ClH/c9-8(10,11)6(12)7(14)13-4-5-2-1-3-15-5;/h1-3,6H,4,12H2,(H,13,14);1H. The molecule has 1 heterocycles. The quantitative estimate of drug-likeness (QED) is 0.856. The third-order valence-corrected chi connectivity index (χ3v) is 1.65. The number of alkyl halides is 3. The van der Waals surface area contributed by atoms with Crippen LogP contribution in [0, 0.1) is 0 Å². The van der Waals surface area contributed by atoms with Crippen LogP contribution < -0.4 is 11.1 Å². The van der Waals surface area contributed by atoms with Gasteiger partial charge in [-0.05, 0) is 12.1 Å². The van der Waals surface area contributed by atoms with Crippen molar-refractivity contribution in [1.29, 1.82) is 0 Å². The van der Waals surface area contributed by atoms with Crippen molar-refractivity contribution in [2.24, 2.45) is 5.73 Å².